The Labute approximate surface area is 106 Å². The fourth-order valence-corrected chi connectivity index (χ4v) is 1.64. The van der Waals surface area contributed by atoms with E-state index in [9.17, 15) is 0 Å². The summed E-state index contributed by atoms with van der Waals surface area (Å²) in [5, 5.41) is 0.523. The van der Waals surface area contributed by atoms with Gasteiger partial charge in [-0.25, -0.2) is 0 Å². The zero-order valence-electron chi connectivity index (χ0n) is 9.37. The minimum Gasteiger partial charge on any atom is -0.492 e. The van der Waals surface area contributed by atoms with Crippen LogP contribution in [0.25, 0.3) is 0 Å². The molecule has 16 heavy (non-hydrogen) atoms. The van der Waals surface area contributed by atoms with Crippen molar-refractivity contribution in [1.29, 1.82) is 0 Å². The molecular formula is C11H15ClN2OS. The van der Waals surface area contributed by atoms with Gasteiger partial charge in [0.15, 0.2) is 0 Å². The van der Waals surface area contributed by atoms with Gasteiger partial charge in [0.2, 0.25) is 0 Å². The zero-order valence-corrected chi connectivity index (χ0v) is 10.9. The predicted molar refractivity (Wildman–Crippen MR) is 71.4 cm³/mol. The van der Waals surface area contributed by atoms with Crippen molar-refractivity contribution in [2.24, 2.45) is 5.73 Å². The zero-order chi connectivity index (χ0) is 12.1. The molecule has 1 rings (SSSR count). The summed E-state index contributed by atoms with van der Waals surface area (Å²) < 4.78 is 5.52. The molecule has 0 radical (unpaired) electrons. The van der Waals surface area contributed by atoms with Crippen molar-refractivity contribution in [2.75, 3.05) is 27.2 Å². The number of nitrogens with zero attached hydrogens (tertiary/aromatic N) is 1. The molecule has 5 heteroatoms. The standard InChI is InChI=1S/C11H15ClN2OS/c1-14(2)5-6-15-8-3-4-9(11(13)16)10(12)7-8/h3-4,7H,5-6H2,1-2H3,(H2,13,16). The van der Waals surface area contributed by atoms with Crippen molar-refractivity contribution in [1.82, 2.24) is 4.90 Å². The van der Waals surface area contributed by atoms with Crippen molar-refractivity contribution < 1.29 is 4.74 Å². The first kappa shape index (κ1) is 13.2. The Morgan fingerprint density at radius 3 is 2.69 bits per heavy atom. The fourth-order valence-electron chi connectivity index (χ4n) is 1.13. The maximum absolute atomic E-state index is 6.01. The van der Waals surface area contributed by atoms with Gasteiger partial charge >= 0.3 is 0 Å². The topological polar surface area (TPSA) is 38.5 Å². The van der Waals surface area contributed by atoms with E-state index in [1.807, 2.05) is 25.1 Å². The molecular weight excluding hydrogens is 244 g/mol. The molecule has 0 fully saturated rings. The Balaban J connectivity index is 2.63. The Morgan fingerprint density at radius 2 is 2.19 bits per heavy atom. The maximum Gasteiger partial charge on any atom is 0.120 e. The highest BCUT2D eigenvalue weighted by Gasteiger charge is 2.04. The molecule has 0 saturated carbocycles. The number of ether oxygens (including phenoxy) is 1. The molecule has 0 unspecified atom stereocenters. The van der Waals surface area contributed by atoms with Gasteiger partial charge in [0.1, 0.15) is 17.3 Å². The third kappa shape index (κ3) is 3.96. The van der Waals surface area contributed by atoms with E-state index in [2.05, 4.69) is 0 Å². The molecule has 0 amide bonds. The Kier molecular flexibility index (Phi) is 4.99. The number of halogens is 1. The molecule has 0 atom stereocenters. The van der Waals surface area contributed by atoms with Crippen LogP contribution in [0, 0.1) is 0 Å². The van der Waals surface area contributed by atoms with Crippen LogP contribution in [0.2, 0.25) is 5.02 Å². The fraction of sp³-hybridized carbons (Fsp3) is 0.364. The number of rotatable bonds is 5. The van der Waals surface area contributed by atoms with E-state index >= 15 is 0 Å². The van der Waals surface area contributed by atoms with Crippen molar-refractivity contribution >= 4 is 28.8 Å². The van der Waals surface area contributed by atoms with Gasteiger partial charge in [-0.1, -0.05) is 23.8 Å². The number of thiocarbonyl (C=S) groups is 1. The summed E-state index contributed by atoms with van der Waals surface area (Å²) in [5.74, 6) is 0.729. The minimum absolute atomic E-state index is 0.296. The summed E-state index contributed by atoms with van der Waals surface area (Å²) in [4.78, 5) is 2.34. The molecule has 0 aliphatic carbocycles. The minimum atomic E-state index is 0.296. The van der Waals surface area contributed by atoms with Gasteiger partial charge < -0.3 is 15.4 Å². The van der Waals surface area contributed by atoms with Crippen molar-refractivity contribution in [2.45, 2.75) is 0 Å². The van der Waals surface area contributed by atoms with Gasteiger partial charge in [-0.05, 0) is 32.3 Å². The van der Waals surface area contributed by atoms with Crippen molar-refractivity contribution in [3.8, 4) is 5.75 Å². The highest BCUT2D eigenvalue weighted by Crippen LogP contribution is 2.22. The Bertz CT molecular complexity index is 382. The number of benzene rings is 1. The molecule has 88 valence electrons. The highest BCUT2D eigenvalue weighted by atomic mass is 35.5. The van der Waals surface area contributed by atoms with Gasteiger partial charge in [0.25, 0.3) is 0 Å². The largest absolute Gasteiger partial charge is 0.492 e. The lowest BCUT2D eigenvalue weighted by atomic mass is 10.2. The second-order valence-electron chi connectivity index (χ2n) is 3.66. The van der Waals surface area contributed by atoms with E-state index in [1.54, 1.807) is 12.1 Å². The molecule has 3 nitrogen and oxygen atoms in total. The van der Waals surface area contributed by atoms with Crippen LogP contribution in [0.1, 0.15) is 5.56 Å². The molecule has 0 aliphatic heterocycles. The van der Waals surface area contributed by atoms with Crippen LogP contribution in [-0.4, -0.2) is 37.1 Å². The number of likely N-dealkylation sites (N-methyl/N-ethyl adjacent to an activating group) is 1. The summed E-state index contributed by atoms with van der Waals surface area (Å²) in [6.45, 7) is 1.48. The van der Waals surface area contributed by atoms with Crippen molar-refractivity contribution in [3.63, 3.8) is 0 Å². The average molecular weight is 259 g/mol. The molecule has 2 N–H and O–H groups in total. The van der Waals surface area contributed by atoms with Crippen LogP contribution >= 0.6 is 23.8 Å². The third-order valence-electron chi connectivity index (χ3n) is 2.01. The molecule has 0 aromatic heterocycles. The van der Waals surface area contributed by atoms with Crippen LogP contribution in [0.5, 0.6) is 5.75 Å². The number of nitrogens with two attached hydrogens (primary N) is 1. The van der Waals surface area contributed by atoms with Gasteiger partial charge in [-0.2, -0.15) is 0 Å². The summed E-state index contributed by atoms with van der Waals surface area (Å²) in [6, 6.07) is 5.32. The first-order valence-electron chi connectivity index (χ1n) is 4.87. The molecule has 1 aromatic carbocycles. The van der Waals surface area contributed by atoms with Crippen LogP contribution < -0.4 is 10.5 Å². The Hall–Kier alpha value is -0.840. The van der Waals surface area contributed by atoms with Crippen LogP contribution in [-0.2, 0) is 0 Å². The first-order chi connectivity index (χ1) is 7.50. The SMILES string of the molecule is CN(C)CCOc1ccc(C(N)=S)c(Cl)c1. The van der Waals surface area contributed by atoms with Crippen LogP contribution in [0.3, 0.4) is 0 Å². The van der Waals surface area contributed by atoms with E-state index in [0.29, 0.717) is 22.2 Å². The van der Waals surface area contributed by atoms with Crippen molar-refractivity contribution in [3.05, 3.63) is 28.8 Å². The van der Waals surface area contributed by atoms with Gasteiger partial charge in [0.05, 0.1) is 5.02 Å². The normalized spacial score (nSPS) is 10.5. The second-order valence-corrected chi connectivity index (χ2v) is 4.50. The Morgan fingerprint density at radius 1 is 1.50 bits per heavy atom. The average Bonchev–Trinajstić information content (AvgIpc) is 2.16. The number of hydrogen-bond acceptors (Lipinski definition) is 3. The maximum atomic E-state index is 6.01. The van der Waals surface area contributed by atoms with E-state index in [1.165, 1.54) is 0 Å². The lowest BCUT2D eigenvalue weighted by Crippen LogP contribution is -2.19. The van der Waals surface area contributed by atoms with Crippen LogP contribution in [0.4, 0.5) is 0 Å². The number of hydrogen-bond donors (Lipinski definition) is 1. The van der Waals surface area contributed by atoms with E-state index in [-0.39, 0.29) is 0 Å². The predicted octanol–water partition coefficient (Wildman–Crippen LogP) is 1.91. The molecule has 0 heterocycles. The molecule has 0 spiro atoms. The summed E-state index contributed by atoms with van der Waals surface area (Å²) >= 11 is 10.9. The quantitative estimate of drug-likeness (QED) is 0.819. The second kappa shape index (κ2) is 6.03. The van der Waals surface area contributed by atoms with E-state index < -0.39 is 0 Å². The van der Waals surface area contributed by atoms with Gasteiger partial charge in [-0.15, -0.1) is 0 Å². The lowest BCUT2D eigenvalue weighted by molar-refractivity contribution is 0.261. The molecule has 0 saturated heterocycles. The third-order valence-corrected chi connectivity index (χ3v) is 2.55. The highest BCUT2D eigenvalue weighted by molar-refractivity contribution is 7.80. The molecule has 0 aliphatic rings. The molecule has 1 aromatic rings. The first-order valence-corrected chi connectivity index (χ1v) is 5.66. The molecule has 0 bridgehead atoms. The van der Waals surface area contributed by atoms with Crippen LogP contribution in [0.15, 0.2) is 18.2 Å². The summed E-state index contributed by atoms with van der Waals surface area (Å²) in [6.07, 6.45) is 0. The van der Waals surface area contributed by atoms with Gasteiger partial charge in [0, 0.05) is 12.1 Å². The van der Waals surface area contributed by atoms with Gasteiger partial charge in [-0.3, -0.25) is 0 Å². The summed E-state index contributed by atoms with van der Waals surface area (Å²) in [7, 11) is 3.98. The van der Waals surface area contributed by atoms with E-state index in [0.717, 1.165) is 12.3 Å². The van der Waals surface area contributed by atoms with E-state index in [4.69, 9.17) is 34.3 Å². The lowest BCUT2D eigenvalue weighted by Gasteiger charge is -2.11. The monoisotopic (exact) mass is 258 g/mol. The smallest absolute Gasteiger partial charge is 0.120 e. The summed E-state index contributed by atoms with van der Waals surface area (Å²) in [5.41, 5.74) is 6.18.